The highest BCUT2D eigenvalue weighted by molar-refractivity contribution is 9.10. The van der Waals surface area contributed by atoms with E-state index in [9.17, 15) is 14.7 Å². The van der Waals surface area contributed by atoms with Crippen LogP contribution in [0.1, 0.15) is 43.7 Å². The number of nitrogens with zero attached hydrogens (tertiary/aromatic N) is 1. The summed E-state index contributed by atoms with van der Waals surface area (Å²) in [5, 5.41) is 10.5. The van der Waals surface area contributed by atoms with E-state index >= 15 is 0 Å². The molecular weight excluding hydrogens is 566 g/mol. The largest absolute Gasteiger partial charge is 0.507 e. The van der Waals surface area contributed by atoms with E-state index in [4.69, 9.17) is 4.74 Å². The van der Waals surface area contributed by atoms with E-state index in [0.29, 0.717) is 18.7 Å². The van der Waals surface area contributed by atoms with Crippen LogP contribution in [0.2, 0.25) is 0 Å². The number of halogens is 1. The van der Waals surface area contributed by atoms with Gasteiger partial charge in [0.25, 0.3) is 0 Å². The predicted molar refractivity (Wildman–Crippen MR) is 160 cm³/mol. The number of ether oxygens (including phenoxy) is 1. The van der Waals surface area contributed by atoms with E-state index in [-0.39, 0.29) is 41.4 Å². The van der Waals surface area contributed by atoms with Crippen LogP contribution in [0.4, 0.5) is 5.69 Å². The van der Waals surface area contributed by atoms with Gasteiger partial charge in [-0.05, 0) is 78.8 Å². The maximum absolute atomic E-state index is 13.7. The number of hydrogen-bond acceptors (Lipinski definition) is 4. The average molecular weight is 599 g/mol. The number of anilines is 1. The summed E-state index contributed by atoms with van der Waals surface area (Å²) in [5.74, 6) is -0.711. The molecule has 4 atom stereocenters. The summed E-state index contributed by atoms with van der Waals surface area (Å²) in [6.07, 6.45) is 4.91. The minimum absolute atomic E-state index is 0.0675. The van der Waals surface area contributed by atoms with Crippen molar-refractivity contribution >= 4 is 45.1 Å². The highest BCUT2D eigenvalue weighted by Crippen LogP contribution is 2.51. The Hall–Kier alpha value is -3.48. The van der Waals surface area contributed by atoms with Crippen molar-refractivity contribution in [3.8, 4) is 5.75 Å². The Bertz CT molecular complexity index is 1500. The smallest absolute Gasteiger partial charge is 0.238 e. The summed E-state index contributed by atoms with van der Waals surface area (Å²) >= 11 is 3.52. The zero-order valence-corrected chi connectivity index (χ0v) is 24.0. The number of allylic oxidation sites excluding steroid dienone is 2. The summed E-state index contributed by atoms with van der Waals surface area (Å²) in [5.41, 5.74) is 6.10. The molecule has 0 saturated carbocycles. The Morgan fingerprint density at radius 3 is 2.45 bits per heavy atom. The Morgan fingerprint density at radius 2 is 1.73 bits per heavy atom. The van der Waals surface area contributed by atoms with Crippen LogP contribution in [0, 0.1) is 17.8 Å². The molecule has 0 bridgehead atoms. The van der Waals surface area contributed by atoms with Crippen LogP contribution in [0.15, 0.2) is 94.5 Å². The molecule has 3 aliphatic rings. The van der Waals surface area contributed by atoms with Crippen LogP contribution in [0.3, 0.4) is 0 Å². The van der Waals surface area contributed by atoms with Crippen molar-refractivity contribution in [2.75, 3.05) is 11.5 Å². The first-order chi connectivity index (χ1) is 19.5. The SMILES string of the molecule is CCC1=C2[C@@H](CC/C(=C/c3cc(Br)ccc3O)c3ccccc3)OC[C@@H]2[C@@H]2C(=O)N(c3ccccc3)C(=O)[C@@H]2C1. The number of fused-ring (bicyclic) bond motifs is 3. The molecule has 2 amide bonds. The number of aromatic hydroxyl groups is 1. The Labute approximate surface area is 243 Å². The fourth-order valence-electron chi connectivity index (χ4n) is 6.71. The molecule has 0 spiro atoms. The molecule has 40 heavy (non-hydrogen) atoms. The van der Waals surface area contributed by atoms with Crippen LogP contribution in [0.25, 0.3) is 11.6 Å². The van der Waals surface area contributed by atoms with Gasteiger partial charge in [0.1, 0.15) is 5.75 Å². The van der Waals surface area contributed by atoms with E-state index in [0.717, 1.165) is 40.4 Å². The van der Waals surface area contributed by atoms with E-state index < -0.39 is 0 Å². The fourth-order valence-corrected chi connectivity index (χ4v) is 7.09. The minimum Gasteiger partial charge on any atom is -0.507 e. The van der Waals surface area contributed by atoms with Crippen molar-refractivity contribution in [1.29, 1.82) is 0 Å². The van der Waals surface area contributed by atoms with Crippen molar-refractivity contribution in [1.82, 2.24) is 0 Å². The van der Waals surface area contributed by atoms with Crippen LogP contribution >= 0.6 is 15.9 Å². The first-order valence-electron chi connectivity index (χ1n) is 14.0. The Balaban J connectivity index is 1.28. The van der Waals surface area contributed by atoms with Crippen molar-refractivity contribution in [3.05, 3.63) is 106 Å². The third kappa shape index (κ3) is 4.84. The van der Waals surface area contributed by atoms with Gasteiger partial charge in [0.2, 0.25) is 11.8 Å². The van der Waals surface area contributed by atoms with Gasteiger partial charge in [-0.1, -0.05) is 77.0 Å². The number of para-hydroxylation sites is 1. The standard InChI is InChI=1S/C34H32BrNO4/c1-2-21-19-27-32(34(39)36(33(27)38)26-11-7-4-8-12-26)28-20-40-30(31(21)28)16-13-23(22-9-5-3-6-10-22)17-24-18-25(35)14-15-29(24)37/h3-12,14-15,17-18,27-28,30,32,37H,2,13,16,19-20H2,1H3/b23-17-/t27-,28+,30-,32-/m1/s1. The third-order valence-corrected chi connectivity index (χ3v) is 9.08. The predicted octanol–water partition coefficient (Wildman–Crippen LogP) is 7.41. The maximum Gasteiger partial charge on any atom is 0.238 e. The fraction of sp³-hybridized carbons (Fsp3) is 0.294. The Morgan fingerprint density at radius 1 is 1.00 bits per heavy atom. The second kappa shape index (κ2) is 11.2. The number of carbonyl (C=O) groups excluding carboxylic acids is 2. The lowest BCUT2D eigenvalue weighted by Gasteiger charge is -2.31. The van der Waals surface area contributed by atoms with Crippen molar-refractivity contribution in [3.63, 3.8) is 0 Å². The van der Waals surface area contributed by atoms with Crippen molar-refractivity contribution in [2.45, 2.75) is 38.7 Å². The van der Waals surface area contributed by atoms with Gasteiger partial charge in [0, 0.05) is 16.0 Å². The molecule has 2 saturated heterocycles. The lowest BCUT2D eigenvalue weighted by atomic mass is 9.69. The molecule has 2 fully saturated rings. The van der Waals surface area contributed by atoms with E-state index in [2.05, 4.69) is 35.0 Å². The molecule has 2 heterocycles. The number of rotatable bonds is 7. The summed E-state index contributed by atoms with van der Waals surface area (Å²) in [4.78, 5) is 28.6. The zero-order valence-electron chi connectivity index (χ0n) is 22.4. The maximum atomic E-state index is 13.7. The second-order valence-electron chi connectivity index (χ2n) is 10.8. The monoisotopic (exact) mass is 597 g/mol. The molecule has 2 aliphatic heterocycles. The van der Waals surface area contributed by atoms with Crippen LogP contribution in [-0.2, 0) is 14.3 Å². The van der Waals surface area contributed by atoms with Gasteiger partial charge in [-0.3, -0.25) is 14.5 Å². The molecular formula is C34H32BrNO4. The molecule has 0 unspecified atom stereocenters. The molecule has 1 N–H and O–H groups in total. The quantitative estimate of drug-likeness (QED) is 0.175. The van der Waals surface area contributed by atoms with Gasteiger partial charge in [-0.15, -0.1) is 0 Å². The molecule has 204 valence electrons. The number of hydrogen-bond donors (Lipinski definition) is 1. The van der Waals surface area contributed by atoms with E-state index in [1.54, 1.807) is 6.07 Å². The number of amides is 2. The summed E-state index contributed by atoms with van der Waals surface area (Å²) in [7, 11) is 0. The summed E-state index contributed by atoms with van der Waals surface area (Å²) in [6.45, 7) is 2.60. The summed E-state index contributed by atoms with van der Waals surface area (Å²) in [6, 6.07) is 24.9. The first kappa shape index (κ1) is 26.7. The van der Waals surface area contributed by atoms with E-state index in [1.165, 1.54) is 16.0 Å². The normalized spacial score (nSPS) is 24.4. The Kier molecular flexibility index (Phi) is 7.47. The minimum atomic E-state index is -0.370. The lowest BCUT2D eigenvalue weighted by molar-refractivity contribution is -0.122. The number of benzene rings is 3. The molecule has 3 aromatic carbocycles. The molecule has 1 aliphatic carbocycles. The third-order valence-electron chi connectivity index (χ3n) is 8.59. The van der Waals surface area contributed by atoms with E-state index in [1.807, 2.05) is 66.7 Å². The van der Waals surface area contributed by atoms with Crippen molar-refractivity contribution < 1.29 is 19.4 Å². The number of carbonyl (C=O) groups is 2. The number of phenolic OH excluding ortho intramolecular Hbond substituents is 1. The second-order valence-corrected chi connectivity index (χ2v) is 11.7. The lowest BCUT2D eigenvalue weighted by Crippen LogP contribution is -2.34. The van der Waals surface area contributed by atoms with Gasteiger partial charge < -0.3 is 9.84 Å². The molecule has 6 rings (SSSR count). The van der Waals surface area contributed by atoms with Gasteiger partial charge in [0.05, 0.1) is 30.2 Å². The molecule has 6 heteroatoms. The molecule has 3 aromatic rings. The van der Waals surface area contributed by atoms with Crippen LogP contribution in [0.5, 0.6) is 5.75 Å². The molecule has 5 nitrogen and oxygen atoms in total. The zero-order chi connectivity index (χ0) is 27.8. The van der Waals surface area contributed by atoms with Crippen LogP contribution in [-0.4, -0.2) is 29.6 Å². The first-order valence-corrected chi connectivity index (χ1v) is 14.8. The van der Waals surface area contributed by atoms with Gasteiger partial charge in [-0.2, -0.15) is 0 Å². The topological polar surface area (TPSA) is 66.8 Å². The summed E-state index contributed by atoms with van der Waals surface area (Å²) < 4.78 is 7.32. The van der Waals surface area contributed by atoms with Crippen molar-refractivity contribution in [2.24, 2.45) is 17.8 Å². The van der Waals surface area contributed by atoms with Gasteiger partial charge in [-0.25, -0.2) is 0 Å². The highest BCUT2D eigenvalue weighted by atomic mass is 79.9. The van der Waals surface area contributed by atoms with Gasteiger partial charge in [0.15, 0.2) is 0 Å². The molecule has 0 radical (unpaired) electrons. The number of phenols is 1. The average Bonchev–Trinajstić information content (AvgIpc) is 3.51. The highest BCUT2D eigenvalue weighted by Gasteiger charge is 2.57. The molecule has 0 aromatic heterocycles. The van der Waals surface area contributed by atoms with Crippen LogP contribution < -0.4 is 4.90 Å². The number of imide groups is 1. The van der Waals surface area contributed by atoms with Gasteiger partial charge >= 0.3 is 0 Å².